The summed E-state index contributed by atoms with van der Waals surface area (Å²) in [7, 11) is 2.93. The van der Waals surface area contributed by atoms with Gasteiger partial charge in [0.2, 0.25) is 0 Å². The maximum Gasteiger partial charge on any atom is 0.196 e. The van der Waals surface area contributed by atoms with Crippen LogP contribution in [0.15, 0.2) is 12.1 Å². The van der Waals surface area contributed by atoms with Crippen LogP contribution >= 0.6 is 0 Å². The minimum atomic E-state index is -0.385. The highest BCUT2D eigenvalue weighted by atomic mass is 19.1. The smallest absolute Gasteiger partial charge is 0.196 e. The normalized spacial score (nSPS) is 10.2. The zero-order chi connectivity index (χ0) is 12.0. The lowest BCUT2D eigenvalue weighted by Gasteiger charge is -2.10. The predicted octanol–water partition coefficient (Wildman–Crippen LogP) is 2.12. The molecule has 0 aliphatic carbocycles. The lowest BCUT2D eigenvalue weighted by atomic mass is 10.1. The first-order valence-corrected chi connectivity index (χ1v) is 5.33. The first-order valence-electron chi connectivity index (χ1n) is 5.33. The van der Waals surface area contributed by atoms with Crippen molar-refractivity contribution in [2.45, 2.75) is 19.3 Å². The molecule has 0 aromatic heterocycles. The number of hydrogen-bond acceptors (Lipinski definition) is 3. The van der Waals surface area contributed by atoms with Crippen LogP contribution in [0, 0.1) is 5.82 Å². The van der Waals surface area contributed by atoms with Gasteiger partial charge in [0, 0.05) is 0 Å². The van der Waals surface area contributed by atoms with E-state index in [-0.39, 0.29) is 11.6 Å². The molecule has 0 bridgehead atoms. The number of unbranched alkanes of at least 4 members (excludes halogenated alkanes) is 1. The van der Waals surface area contributed by atoms with Crippen molar-refractivity contribution >= 4 is 0 Å². The van der Waals surface area contributed by atoms with Gasteiger partial charge in [-0.05, 0) is 43.5 Å². The summed E-state index contributed by atoms with van der Waals surface area (Å²) in [5, 5.41) is 0. The van der Waals surface area contributed by atoms with Crippen LogP contribution in [-0.2, 0) is 6.42 Å². The number of benzene rings is 1. The number of halogens is 1. The molecule has 16 heavy (non-hydrogen) atoms. The summed E-state index contributed by atoms with van der Waals surface area (Å²) in [5.74, 6) is 0.208. The van der Waals surface area contributed by atoms with E-state index >= 15 is 0 Å². The van der Waals surface area contributed by atoms with Crippen LogP contribution in [0.25, 0.3) is 0 Å². The molecule has 2 N–H and O–H groups in total. The molecule has 0 spiro atoms. The molecule has 0 aliphatic heterocycles. The Balaban J connectivity index is 2.83. The van der Waals surface area contributed by atoms with Crippen molar-refractivity contribution in [1.82, 2.24) is 0 Å². The first kappa shape index (κ1) is 12.8. The predicted molar refractivity (Wildman–Crippen MR) is 61.5 cm³/mol. The number of aryl methyl sites for hydroxylation is 1. The second-order valence-corrected chi connectivity index (χ2v) is 3.56. The third-order valence-corrected chi connectivity index (χ3v) is 2.41. The maximum atomic E-state index is 13.6. The van der Waals surface area contributed by atoms with Gasteiger partial charge in [0.15, 0.2) is 17.3 Å². The average molecular weight is 227 g/mol. The van der Waals surface area contributed by atoms with E-state index in [9.17, 15) is 4.39 Å². The van der Waals surface area contributed by atoms with E-state index in [0.29, 0.717) is 12.3 Å². The van der Waals surface area contributed by atoms with Gasteiger partial charge in [-0.25, -0.2) is 4.39 Å². The highest BCUT2D eigenvalue weighted by Crippen LogP contribution is 2.31. The van der Waals surface area contributed by atoms with Crippen molar-refractivity contribution < 1.29 is 13.9 Å². The highest BCUT2D eigenvalue weighted by Gasteiger charge is 2.11. The Kier molecular flexibility index (Phi) is 5.05. The molecule has 1 aromatic carbocycles. The molecule has 0 aliphatic rings. The number of methoxy groups -OCH3 is 2. The first-order chi connectivity index (χ1) is 7.72. The monoisotopic (exact) mass is 227 g/mol. The van der Waals surface area contributed by atoms with Crippen LogP contribution in [0.4, 0.5) is 4.39 Å². The standard InChI is InChI=1S/C12H18FNO2/c1-15-11-8-9(5-3-4-6-14)7-10(13)12(11)16-2/h7-8H,3-6,14H2,1-2H3. The van der Waals surface area contributed by atoms with Gasteiger partial charge in [0.1, 0.15) is 0 Å². The molecule has 1 rings (SSSR count). The number of rotatable bonds is 6. The number of nitrogens with two attached hydrogens (primary N) is 1. The minimum absolute atomic E-state index is 0.157. The summed E-state index contributed by atoms with van der Waals surface area (Å²) in [5.41, 5.74) is 6.31. The van der Waals surface area contributed by atoms with Gasteiger partial charge in [0.25, 0.3) is 0 Å². The quantitative estimate of drug-likeness (QED) is 0.757. The third-order valence-electron chi connectivity index (χ3n) is 2.41. The third kappa shape index (κ3) is 3.10. The summed E-state index contributed by atoms with van der Waals surface area (Å²) in [4.78, 5) is 0. The van der Waals surface area contributed by atoms with Gasteiger partial charge in [-0.1, -0.05) is 0 Å². The van der Waals surface area contributed by atoms with Crippen molar-refractivity contribution in [2.24, 2.45) is 5.73 Å². The molecular formula is C12H18FNO2. The molecular weight excluding hydrogens is 209 g/mol. The van der Waals surface area contributed by atoms with E-state index in [1.54, 1.807) is 6.07 Å². The lowest BCUT2D eigenvalue weighted by Crippen LogP contribution is -2.00. The van der Waals surface area contributed by atoms with Crippen LogP contribution in [0.3, 0.4) is 0 Å². The molecule has 1 aromatic rings. The van der Waals surface area contributed by atoms with Gasteiger partial charge in [-0.15, -0.1) is 0 Å². The summed E-state index contributed by atoms with van der Waals surface area (Å²) in [6, 6.07) is 3.29. The molecule has 3 nitrogen and oxygen atoms in total. The van der Waals surface area contributed by atoms with E-state index in [1.165, 1.54) is 20.3 Å². The topological polar surface area (TPSA) is 44.5 Å². The van der Waals surface area contributed by atoms with Crippen LogP contribution in [-0.4, -0.2) is 20.8 Å². The Morgan fingerprint density at radius 3 is 2.50 bits per heavy atom. The summed E-state index contributed by atoms with van der Waals surface area (Å²) < 4.78 is 23.6. The van der Waals surface area contributed by atoms with Crippen LogP contribution in [0.2, 0.25) is 0 Å². The Bertz CT molecular complexity index is 342. The fourth-order valence-corrected chi connectivity index (χ4v) is 1.59. The Morgan fingerprint density at radius 2 is 1.94 bits per heavy atom. The molecule has 0 amide bonds. The van der Waals surface area contributed by atoms with E-state index in [1.807, 2.05) is 0 Å². The van der Waals surface area contributed by atoms with Crippen LogP contribution < -0.4 is 15.2 Å². The Labute approximate surface area is 95.4 Å². The van der Waals surface area contributed by atoms with E-state index in [4.69, 9.17) is 15.2 Å². The number of ether oxygens (including phenoxy) is 2. The molecule has 0 atom stereocenters. The van der Waals surface area contributed by atoms with Gasteiger partial charge in [0.05, 0.1) is 14.2 Å². The van der Waals surface area contributed by atoms with Gasteiger partial charge in [-0.2, -0.15) is 0 Å². The van der Waals surface area contributed by atoms with Gasteiger partial charge in [-0.3, -0.25) is 0 Å². The maximum absolute atomic E-state index is 13.6. The average Bonchev–Trinajstić information content (AvgIpc) is 2.28. The van der Waals surface area contributed by atoms with Crippen LogP contribution in [0.1, 0.15) is 18.4 Å². The number of hydrogen-bond donors (Lipinski definition) is 1. The minimum Gasteiger partial charge on any atom is -0.493 e. The molecule has 0 radical (unpaired) electrons. The van der Waals surface area contributed by atoms with Crippen molar-refractivity contribution in [3.63, 3.8) is 0 Å². The summed E-state index contributed by atoms with van der Waals surface area (Å²) in [6.45, 7) is 0.662. The molecule has 4 heteroatoms. The van der Waals surface area contributed by atoms with Crippen LogP contribution in [0.5, 0.6) is 11.5 Å². The second kappa shape index (κ2) is 6.33. The fourth-order valence-electron chi connectivity index (χ4n) is 1.59. The molecule has 90 valence electrons. The SMILES string of the molecule is COc1cc(CCCCN)cc(F)c1OC. The van der Waals surface area contributed by atoms with Crippen molar-refractivity contribution in [2.75, 3.05) is 20.8 Å². The Morgan fingerprint density at radius 1 is 1.19 bits per heavy atom. The van der Waals surface area contributed by atoms with Gasteiger partial charge >= 0.3 is 0 Å². The van der Waals surface area contributed by atoms with E-state index in [2.05, 4.69) is 0 Å². The molecule has 0 fully saturated rings. The second-order valence-electron chi connectivity index (χ2n) is 3.56. The zero-order valence-corrected chi connectivity index (χ0v) is 9.75. The molecule has 0 heterocycles. The Hall–Kier alpha value is -1.29. The molecule has 0 saturated carbocycles. The lowest BCUT2D eigenvalue weighted by molar-refractivity contribution is 0.337. The molecule has 0 saturated heterocycles. The summed E-state index contributed by atoms with van der Waals surface area (Å²) >= 11 is 0. The van der Waals surface area contributed by atoms with E-state index in [0.717, 1.165) is 24.8 Å². The van der Waals surface area contributed by atoms with Crippen molar-refractivity contribution in [3.8, 4) is 11.5 Å². The largest absolute Gasteiger partial charge is 0.493 e. The highest BCUT2D eigenvalue weighted by molar-refractivity contribution is 5.44. The summed E-state index contributed by atoms with van der Waals surface area (Å²) in [6.07, 6.45) is 2.69. The van der Waals surface area contributed by atoms with E-state index < -0.39 is 0 Å². The van der Waals surface area contributed by atoms with Gasteiger partial charge < -0.3 is 15.2 Å². The molecule has 0 unspecified atom stereocenters. The van der Waals surface area contributed by atoms with Crippen molar-refractivity contribution in [1.29, 1.82) is 0 Å². The van der Waals surface area contributed by atoms with Crippen molar-refractivity contribution in [3.05, 3.63) is 23.5 Å². The zero-order valence-electron chi connectivity index (χ0n) is 9.75. The fraction of sp³-hybridized carbons (Fsp3) is 0.500.